The second-order valence-electron chi connectivity index (χ2n) is 6.01. The van der Waals surface area contributed by atoms with Crippen LogP contribution in [0.5, 0.6) is 0 Å². The molecule has 0 aromatic carbocycles. The van der Waals surface area contributed by atoms with Gasteiger partial charge in [0.25, 0.3) is 0 Å². The van der Waals surface area contributed by atoms with E-state index in [-0.39, 0.29) is 0 Å². The van der Waals surface area contributed by atoms with Crippen molar-refractivity contribution < 1.29 is 0 Å². The zero-order valence-corrected chi connectivity index (χ0v) is 12.2. The van der Waals surface area contributed by atoms with Crippen molar-refractivity contribution in [2.45, 2.75) is 58.3 Å². The summed E-state index contributed by atoms with van der Waals surface area (Å²) in [6, 6.07) is 1.49. The Morgan fingerprint density at radius 2 is 2.28 bits per heavy atom. The van der Waals surface area contributed by atoms with Crippen molar-refractivity contribution in [3.63, 3.8) is 0 Å². The van der Waals surface area contributed by atoms with Gasteiger partial charge in [0.05, 0.1) is 5.69 Å². The van der Waals surface area contributed by atoms with E-state index in [0.29, 0.717) is 0 Å². The Labute approximate surface area is 114 Å². The third-order valence-electron chi connectivity index (χ3n) is 4.00. The molecule has 2 unspecified atom stereocenters. The van der Waals surface area contributed by atoms with Crippen LogP contribution < -0.4 is 5.32 Å². The van der Waals surface area contributed by atoms with E-state index in [1.54, 1.807) is 11.3 Å². The van der Waals surface area contributed by atoms with Crippen LogP contribution in [0, 0.1) is 5.92 Å². The SMILES string of the molecule is CC1CC(C)N(Cc2csc(CNC3CC3)n2)C1. The molecule has 1 saturated carbocycles. The monoisotopic (exact) mass is 265 g/mol. The van der Waals surface area contributed by atoms with Gasteiger partial charge >= 0.3 is 0 Å². The van der Waals surface area contributed by atoms with Gasteiger partial charge in [-0.05, 0) is 32.1 Å². The van der Waals surface area contributed by atoms with E-state index in [0.717, 1.165) is 31.1 Å². The number of likely N-dealkylation sites (tertiary alicyclic amines) is 1. The van der Waals surface area contributed by atoms with Crippen molar-refractivity contribution in [3.05, 3.63) is 16.1 Å². The summed E-state index contributed by atoms with van der Waals surface area (Å²) in [4.78, 5) is 7.31. The van der Waals surface area contributed by atoms with Gasteiger partial charge in [0.1, 0.15) is 5.01 Å². The summed E-state index contributed by atoms with van der Waals surface area (Å²) in [5.74, 6) is 0.842. The van der Waals surface area contributed by atoms with Gasteiger partial charge in [-0.1, -0.05) is 6.92 Å². The molecule has 2 fully saturated rings. The fraction of sp³-hybridized carbons (Fsp3) is 0.786. The third-order valence-corrected chi connectivity index (χ3v) is 4.89. The van der Waals surface area contributed by atoms with Gasteiger partial charge in [0.15, 0.2) is 0 Å². The Bertz CT molecular complexity index is 399. The van der Waals surface area contributed by atoms with E-state index < -0.39 is 0 Å². The molecule has 4 heteroatoms. The topological polar surface area (TPSA) is 28.2 Å². The lowest BCUT2D eigenvalue weighted by Gasteiger charge is -2.19. The van der Waals surface area contributed by atoms with E-state index in [2.05, 4.69) is 29.4 Å². The standard InChI is InChI=1S/C14H23N3S/c1-10-5-11(2)17(7-10)8-13-9-18-14(16-13)6-15-12-3-4-12/h9-12,15H,3-8H2,1-2H3. The summed E-state index contributed by atoms with van der Waals surface area (Å²) < 4.78 is 0. The van der Waals surface area contributed by atoms with Crippen molar-refractivity contribution in [1.82, 2.24) is 15.2 Å². The summed E-state index contributed by atoms with van der Waals surface area (Å²) in [7, 11) is 0. The number of thiazole rings is 1. The van der Waals surface area contributed by atoms with Gasteiger partial charge in [-0.25, -0.2) is 4.98 Å². The smallest absolute Gasteiger partial charge is 0.107 e. The van der Waals surface area contributed by atoms with Crippen LogP contribution in [-0.2, 0) is 13.1 Å². The summed E-state index contributed by atoms with van der Waals surface area (Å²) in [6.07, 6.45) is 4.03. The van der Waals surface area contributed by atoms with Crippen LogP contribution in [0.3, 0.4) is 0 Å². The first-order valence-electron chi connectivity index (χ1n) is 7.11. The number of aromatic nitrogens is 1. The van der Waals surface area contributed by atoms with Crippen molar-refractivity contribution in [1.29, 1.82) is 0 Å². The summed E-state index contributed by atoms with van der Waals surface area (Å²) in [6.45, 7) is 7.91. The fourth-order valence-corrected chi connectivity index (χ4v) is 3.57. The molecule has 100 valence electrons. The molecule has 2 heterocycles. The lowest BCUT2D eigenvalue weighted by Crippen LogP contribution is -2.26. The molecule has 3 rings (SSSR count). The van der Waals surface area contributed by atoms with Crippen LogP contribution in [0.4, 0.5) is 0 Å². The average molecular weight is 265 g/mol. The maximum absolute atomic E-state index is 4.75. The van der Waals surface area contributed by atoms with E-state index in [9.17, 15) is 0 Å². The normalized spacial score (nSPS) is 29.0. The van der Waals surface area contributed by atoms with Crippen molar-refractivity contribution in [2.24, 2.45) is 5.92 Å². The number of nitrogens with zero attached hydrogens (tertiary/aromatic N) is 2. The highest BCUT2D eigenvalue weighted by Gasteiger charge is 2.26. The van der Waals surface area contributed by atoms with Gasteiger partial charge in [0, 0.05) is 37.1 Å². The fourth-order valence-electron chi connectivity index (χ4n) is 2.84. The Morgan fingerprint density at radius 1 is 1.44 bits per heavy atom. The van der Waals surface area contributed by atoms with Crippen molar-refractivity contribution in [2.75, 3.05) is 6.54 Å². The van der Waals surface area contributed by atoms with E-state index in [1.165, 1.54) is 36.5 Å². The average Bonchev–Trinajstić information content (AvgIpc) is 2.97. The van der Waals surface area contributed by atoms with Crippen LogP contribution in [0.1, 0.15) is 43.8 Å². The van der Waals surface area contributed by atoms with Gasteiger partial charge in [-0.2, -0.15) is 0 Å². The Kier molecular flexibility index (Phi) is 3.68. The van der Waals surface area contributed by atoms with E-state index in [4.69, 9.17) is 4.98 Å². The van der Waals surface area contributed by atoms with Crippen LogP contribution in [0.25, 0.3) is 0 Å². The molecule has 1 aromatic rings. The molecular weight excluding hydrogens is 242 g/mol. The predicted octanol–water partition coefficient (Wildman–Crippen LogP) is 2.63. The van der Waals surface area contributed by atoms with Crippen molar-refractivity contribution >= 4 is 11.3 Å². The molecule has 18 heavy (non-hydrogen) atoms. The van der Waals surface area contributed by atoms with E-state index >= 15 is 0 Å². The highest BCUT2D eigenvalue weighted by Crippen LogP contribution is 2.25. The first-order chi connectivity index (χ1) is 8.70. The summed E-state index contributed by atoms with van der Waals surface area (Å²) >= 11 is 1.80. The van der Waals surface area contributed by atoms with Crippen LogP contribution in [0.2, 0.25) is 0 Å². The van der Waals surface area contributed by atoms with Crippen LogP contribution in [0.15, 0.2) is 5.38 Å². The minimum Gasteiger partial charge on any atom is -0.308 e. The number of rotatable bonds is 5. The highest BCUT2D eigenvalue weighted by molar-refractivity contribution is 7.09. The highest BCUT2D eigenvalue weighted by atomic mass is 32.1. The quantitative estimate of drug-likeness (QED) is 0.887. The minimum atomic E-state index is 0.717. The van der Waals surface area contributed by atoms with Gasteiger partial charge in [0.2, 0.25) is 0 Å². The molecular formula is C14H23N3S. The van der Waals surface area contributed by atoms with Gasteiger partial charge < -0.3 is 5.32 Å². The summed E-state index contributed by atoms with van der Waals surface area (Å²) in [5, 5.41) is 7.01. The lowest BCUT2D eigenvalue weighted by molar-refractivity contribution is 0.254. The molecule has 1 aliphatic heterocycles. The number of hydrogen-bond donors (Lipinski definition) is 1. The second kappa shape index (κ2) is 5.27. The minimum absolute atomic E-state index is 0.717. The first kappa shape index (κ1) is 12.6. The van der Waals surface area contributed by atoms with Gasteiger partial charge in [-0.3, -0.25) is 4.90 Å². The summed E-state index contributed by atoms with van der Waals surface area (Å²) in [5.41, 5.74) is 1.26. The van der Waals surface area contributed by atoms with Gasteiger partial charge in [-0.15, -0.1) is 11.3 Å². The zero-order chi connectivity index (χ0) is 12.5. The molecule has 1 saturated heterocycles. The van der Waals surface area contributed by atoms with Crippen LogP contribution >= 0.6 is 11.3 Å². The number of hydrogen-bond acceptors (Lipinski definition) is 4. The second-order valence-corrected chi connectivity index (χ2v) is 6.95. The molecule has 0 amide bonds. The molecule has 1 aromatic heterocycles. The first-order valence-corrected chi connectivity index (χ1v) is 7.99. The maximum Gasteiger partial charge on any atom is 0.107 e. The largest absolute Gasteiger partial charge is 0.308 e. The molecule has 1 aliphatic carbocycles. The molecule has 2 aliphatic rings. The Morgan fingerprint density at radius 3 is 2.94 bits per heavy atom. The van der Waals surface area contributed by atoms with E-state index in [1.807, 2.05) is 0 Å². The molecule has 3 nitrogen and oxygen atoms in total. The number of nitrogens with one attached hydrogen (secondary N) is 1. The maximum atomic E-state index is 4.75. The molecule has 2 atom stereocenters. The van der Waals surface area contributed by atoms with Crippen molar-refractivity contribution in [3.8, 4) is 0 Å². The Hall–Kier alpha value is -0.450. The zero-order valence-electron chi connectivity index (χ0n) is 11.4. The Balaban J connectivity index is 1.52. The predicted molar refractivity (Wildman–Crippen MR) is 75.6 cm³/mol. The lowest BCUT2D eigenvalue weighted by atomic mass is 10.1. The molecule has 1 N–H and O–H groups in total. The third kappa shape index (κ3) is 3.11. The molecule has 0 radical (unpaired) electrons. The molecule has 0 bridgehead atoms. The van der Waals surface area contributed by atoms with Crippen LogP contribution in [-0.4, -0.2) is 28.5 Å². The molecule has 0 spiro atoms.